The molecule has 2 aliphatic carbocycles. The maximum absolute atomic E-state index is 12.7. The van der Waals surface area contributed by atoms with Crippen molar-refractivity contribution in [2.75, 3.05) is 7.11 Å². The van der Waals surface area contributed by atoms with Crippen molar-refractivity contribution >= 4 is 23.5 Å². The second-order valence-corrected chi connectivity index (χ2v) is 7.35. The zero-order valence-electron chi connectivity index (χ0n) is 14.0. The fourth-order valence-electron chi connectivity index (χ4n) is 3.84. The average Bonchev–Trinajstić information content (AvgIpc) is 3.39. The van der Waals surface area contributed by atoms with Crippen molar-refractivity contribution in [2.45, 2.75) is 56.4 Å². The van der Waals surface area contributed by atoms with Crippen LogP contribution in [0.2, 0.25) is 5.02 Å². The Kier molecular flexibility index (Phi) is 5.14. The Hall–Kier alpha value is -1.55. The molecule has 0 aliphatic heterocycles. The van der Waals surface area contributed by atoms with Gasteiger partial charge in [0.05, 0.1) is 7.11 Å². The van der Waals surface area contributed by atoms with Crippen LogP contribution in [0.5, 0.6) is 0 Å². The third-order valence-corrected chi connectivity index (χ3v) is 5.67. The third-order valence-electron chi connectivity index (χ3n) is 5.33. The largest absolute Gasteiger partial charge is 0.467 e. The molecule has 0 aromatic heterocycles. The number of rotatable bonds is 4. The highest BCUT2D eigenvalue weighted by molar-refractivity contribution is 6.31. The summed E-state index contributed by atoms with van der Waals surface area (Å²) in [6.07, 6.45) is 6.18. The van der Waals surface area contributed by atoms with Gasteiger partial charge in [0.2, 0.25) is 5.91 Å². The van der Waals surface area contributed by atoms with Gasteiger partial charge in [-0.2, -0.15) is 0 Å². The topological polar surface area (TPSA) is 55.4 Å². The lowest BCUT2D eigenvalue weighted by molar-refractivity contribution is -0.152. The van der Waals surface area contributed by atoms with Crippen LogP contribution in [-0.4, -0.2) is 24.5 Å². The molecule has 1 N–H and O–H groups in total. The maximum Gasteiger partial charge on any atom is 0.331 e. The van der Waals surface area contributed by atoms with Crippen LogP contribution in [0.4, 0.5) is 0 Å². The lowest BCUT2D eigenvalue weighted by atomic mass is 9.89. The van der Waals surface area contributed by atoms with Crippen molar-refractivity contribution in [2.24, 2.45) is 5.92 Å². The summed E-state index contributed by atoms with van der Waals surface area (Å²) in [5.41, 5.74) is 0.169. The number of carbonyl (C=O) groups is 2. The molecule has 1 aromatic carbocycles. The van der Waals surface area contributed by atoms with E-state index in [1.165, 1.54) is 7.11 Å². The van der Waals surface area contributed by atoms with E-state index in [1.807, 2.05) is 24.3 Å². The number of carbonyl (C=O) groups excluding carboxylic acids is 2. The Morgan fingerprint density at radius 1 is 1.17 bits per heavy atom. The van der Waals surface area contributed by atoms with Crippen molar-refractivity contribution in [1.82, 2.24) is 5.32 Å². The highest BCUT2D eigenvalue weighted by Gasteiger charge is 2.49. The van der Waals surface area contributed by atoms with Crippen LogP contribution < -0.4 is 5.32 Å². The number of methoxy groups -OCH3 is 1. The van der Waals surface area contributed by atoms with Gasteiger partial charge < -0.3 is 10.1 Å². The van der Waals surface area contributed by atoms with Gasteiger partial charge in [0.25, 0.3) is 0 Å². The van der Waals surface area contributed by atoms with Gasteiger partial charge in [0, 0.05) is 10.9 Å². The fourth-order valence-corrected chi connectivity index (χ4v) is 4.12. The standard InChI is InChI=1S/C19H24ClNO3/c1-24-18(23)19(10-6-2-3-7-11-19)21-17(22)15-12-14(15)13-8-4-5-9-16(13)20/h4-5,8-9,14-15H,2-3,6-7,10-12H2,1H3,(H,21,22). The molecular weight excluding hydrogens is 326 g/mol. The first-order chi connectivity index (χ1) is 11.6. The van der Waals surface area contributed by atoms with Crippen molar-refractivity contribution in [3.8, 4) is 0 Å². The number of halogens is 1. The van der Waals surface area contributed by atoms with E-state index in [1.54, 1.807) is 0 Å². The molecule has 0 spiro atoms. The normalized spacial score (nSPS) is 25.4. The third kappa shape index (κ3) is 3.44. The zero-order chi connectivity index (χ0) is 17.2. The Morgan fingerprint density at radius 2 is 1.83 bits per heavy atom. The smallest absolute Gasteiger partial charge is 0.331 e. The van der Waals surface area contributed by atoms with E-state index < -0.39 is 5.54 Å². The maximum atomic E-state index is 12.7. The van der Waals surface area contributed by atoms with Crippen LogP contribution in [0.15, 0.2) is 24.3 Å². The summed E-state index contributed by atoms with van der Waals surface area (Å²) in [6.45, 7) is 0. The zero-order valence-corrected chi connectivity index (χ0v) is 14.8. The predicted molar refractivity (Wildman–Crippen MR) is 92.9 cm³/mol. The molecular formula is C19H24ClNO3. The molecule has 3 rings (SSSR count). The van der Waals surface area contributed by atoms with Crippen molar-refractivity contribution < 1.29 is 14.3 Å². The van der Waals surface area contributed by atoms with Gasteiger partial charge in [0.1, 0.15) is 5.54 Å². The van der Waals surface area contributed by atoms with Crippen molar-refractivity contribution in [3.63, 3.8) is 0 Å². The summed E-state index contributed by atoms with van der Waals surface area (Å²) in [7, 11) is 1.39. The quantitative estimate of drug-likeness (QED) is 0.664. The summed E-state index contributed by atoms with van der Waals surface area (Å²) in [4.78, 5) is 25.1. The Bertz CT molecular complexity index is 623. The number of benzene rings is 1. The lowest BCUT2D eigenvalue weighted by Crippen LogP contribution is -2.55. The number of amides is 1. The van der Waals surface area contributed by atoms with E-state index in [9.17, 15) is 9.59 Å². The SMILES string of the molecule is COC(=O)C1(NC(=O)C2CC2c2ccccc2Cl)CCCCCC1. The van der Waals surface area contributed by atoms with Gasteiger partial charge in [-0.1, -0.05) is 55.5 Å². The molecule has 0 bridgehead atoms. The van der Waals surface area contributed by atoms with Gasteiger partial charge in [-0.15, -0.1) is 0 Å². The van der Waals surface area contributed by atoms with Gasteiger partial charge in [-0.3, -0.25) is 4.79 Å². The molecule has 2 atom stereocenters. The molecule has 4 nitrogen and oxygen atoms in total. The summed E-state index contributed by atoms with van der Waals surface area (Å²) < 4.78 is 5.01. The molecule has 24 heavy (non-hydrogen) atoms. The minimum Gasteiger partial charge on any atom is -0.467 e. The molecule has 2 aliphatic rings. The van der Waals surface area contributed by atoms with Gasteiger partial charge in [-0.25, -0.2) is 4.79 Å². The summed E-state index contributed by atoms with van der Waals surface area (Å²) in [5.74, 6) is -0.311. The number of ether oxygens (including phenoxy) is 1. The number of esters is 1. The van der Waals surface area contributed by atoms with Crippen LogP contribution in [0.1, 0.15) is 56.4 Å². The fraction of sp³-hybridized carbons (Fsp3) is 0.579. The van der Waals surface area contributed by atoms with Crippen LogP contribution in [0.3, 0.4) is 0 Å². The molecule has 2 saturated carbocycles. The lowest BCUT2D eigenvalue weighted by Gasteiger charge is -2.31. The Labute approximate surface area is 147 Å². The minimum atomic E-state index is -0.851. The summed E-state index contributed by atoms with van der Waals surface area (Å²) >= 11 is 6.24. The van der Waals surface area contributed by atoms with Crippen LogP contribution in [-0.2, 0) is 14.3 Å². The first kappa shape index (κ1) is 17.3. The Morgan fingerprint density at radius 3 is 2.46 bits per heavy atom. The number of hydrogen-bond acceptors (Lipinski definition) is 3. The van der Waals surface area contributed by atoms with Gasteiger partial charge >= 0.3 is 5.97 Å². The minimum absolute atomic E-state index is 0.0489. The molecule has 0 radical (unpaired) electrons. The summed E-state index contributed by atoms with van der Waals surface area (Å²) in [5, 5.41) is 3.75. The Balaban J connectivity index is 1.71. The predicted octanol–water partition coefficient (Wildman–Crippen LogP) is 3.83. The highest BCUT2D eigenvalue weighted by Crippen LogP contribution is 2.50. The van der Waals surface area contributed by atoms with E-state index in [4.69, 9.17) is 16.3 Å². The van der Waals surface area contributed by atoms with Crippen molar-refractivity contribution in [3.05, 3.63) is 34.9 Å². The van der Waals surface area contributed by atoms with E-state index in [0.717, 1.165) is 37.7 Å². The summed E-state index contributed by atoms with van der Waals surface area (Å²) in [6, 6.07) is 7.66. The van der Waals surface area contributed by atoms with Gasteiger partial charge in [0.15, 0.2) is 0 Å². The van der Waals surface area contributed by atoms with Crippen molar-refractivity contribution in [1.29, 1.82) is 0 Å². The molecule has 0 saturated heterocycles. The first-order valence-corrected chi connectivity index (χ1v) is 9.10. The van der Waals surface area contributed by atoms with E-state index >= 15 is 0 Å². The van der Waals surface area contributed by atoms with Gasteiger partial charge in [-0.05, 0) is 36.8 Å². The number of hydrogen-bond donors (Lipinski definition) is 1. The molecule has 1 amide bonds. The van der Waals surface area contributed by atoms with E-state index in [-0.39, 0.29) is 23.7 Å². The molecule has 130 valence electrons. The average molecular weight is 350 g/mol. The van der Waals surface area contributed by atoms with Crippen LogP contribution >= 0.6 is 11.6 Å². The molecule has 5 heteroatoms. The monoisotopic (exact) mass is 349 g/mol. The first-order valence-electron chi connectivity index (χ1n) is 8.72. The van der Waals surface area contributed by atoms with E-state index in [0.29, 0.717) is 17.9 Å². The number of nitrogens with one attached hydrogen (secondary N) is 1. The molecule has 2 fully saturated rings. The second kappa shape index (κ2) is 7.14. The van der Waals surface area contributed by atoms with E-state index in [2.05, 4.69) is 5.32 Å². The highest BCUT2D eigenvalue weighted by atomic mass is 35.5. The molecule has 2 unspecified atom stereocenters. The molecule has 0 heterocycles. The molecule has 1 aromatic rings. The second-order valence-electron chi connectivity index (χ2n) is 6.95. The van der Waals surface area contributed by atoms with Crippen LogP contribution in [0.25, 0.3) is 0 Å². The van der Waals surface area contributed by atoms with Crippen LogP contribution in [0, 0.1) is 5.92 Å².